The number of hydrogen-bond acceptors (Lipinski definition) is 3. The molecule has 1 aromatic rings. The zero-order chi connectivity index (χ0) is 15.7. The van der Waals surface area contributed by atoms with Gasteiger partial charge in [0.05, 0.1) is 12.3 Å². The third-order valence-electron chi connectivity index (χ3n) is 2.92. The Hall–Kier alpha value is -1.82. The van der Waals surface area contributed by atoms with Crippen molar-refractivity contribution in [3.63, 3.8) is 0 Å². The Balaban J connectivity index is 2.48. The van der Waals surface area contributed by atoms with E-state index in [1.807, 2.05) is 27.1 Å². The Morgan fingerprint density at radius 3 is 2.67 bits per heavy atom. The van der Waals surface area contributed by atoms with Crippen molar-refractivity contribution in [2.24, 2.45) is 4.99 Å². The molecule has 0 unspecified atom stereocenters. The van der Waals surface area contributed by atoms with Crippen molar-refractivity contribution in [1.82, 2.24) is 10.6 Å². The Morgan fingerprint density at radius 2 is 2.10 bits per heavy atom. The molecule has 0 aliphatic rings. The van der Waals surface area contributed by atoms with Crippen molar-refractivity contribution in [2.75, 3.05) is 45.8 Å². The Labute approximate surface area is 126 Å². The maximum atomic E-state index is 13.9. The monoisotopic (exact) mass is 296 g/mol. The second-order valence-electron chi connectivity index (χ2n) is 4.73. The van der Waals surface area contributed by atoms with Crippen molar-refractivity contribution in [1.29, 1.82) is 0 Å². The lowest BCUT2D eigenvalue weighted by molar-refractivity contribution is 0.152. The normalized spacial score (nSPS) is 11.4. The summed E-state index contributed by atoms with van der Waals surface area (Å²) in [5.41, 5.74) is 1.45. The summed E-state index contributed by atoms with van der Waals surface area (Å²) >= 11 is 0. The smallest absolute Gasteiger partial charge is 0.191 e. The van der Waals surface area contributed by atoms with Crippen molar-refractivity contribution in [3.05, 3.63) is 29.6 Å². The first-order chi connectivity index (χ1) is 10.1. The minimum absolute atomic E-state index is 0.224. The van der Waals surface area contributed by atoms with E-state index in [2.05, 4.69) is 15.6 Å². The van der Waals surface area contributed by atoms with Crippen LogP contribution >= 0.6 is 0 Å². The van der Waals surface area contributed by atoms with Crippen LogP contribution in [-0.2, 0) is 11.3 Å². The number of halogens is 1. The lowest BCUT2D eigenvalue weighted by Crippen LogP contribution is -2.38. The van der Waals surface area contributed by atoms with Gasteiger partial charge in [0.15, 0.2) is 5.96 Å². The van der Waals surface area contributed by atoms with Crippen molar-refractivity contribution in [3.8, 4) is 0 Å². The predicted molar refractivity (Wildman–Crippen MR) is 85.4 cm³/mol. The van der Waals surface area contributed by atoms with E-state index in [0.29, 0.717) is 38.0 Å². The van der Waals surface area contributed by atoms with E-state index < -0.39 is 0 Å². The molecule has 2 N–H and O–H groups in total. The molecule has 6 heteroatoms. The van der Waals surface area contributed by atoms with Gasteiger partial charge >= 0.3 is 0 Å². The molecule has 0 bridgehead atoms. The van der Waals surface area contributed by atoms with Crippen LogP contribution in [0.1, 0.15) is 12.5 Å². The number of ether oxygens (including phenoxy) is 1. The minimum Gasteiger partial charge on any atom is -0.380 e. The lowest BCUT2D eigenvalue weighted by Gasteiger charge is -2.15. The quantitative estimate of drug-likeness (QED) is 0.456. The van der Waals surface area contributed by atoms with Gasteiger partial charge in [-0.1, -0.05) is 6.07 Å². The second kappa shape index (κ2) is 9.18. The van der Waals surface area contributed by atoms with E-state index in [0.717, 1.165) is 5.56 Å². The van der Waals surface area contributed by atoms with Crippen LogP contribution in [0.15, 0.2) is 23.2 Å². The fourth-order valence-corrected chi connectivity index (χ4v) is 1.82. The highest BCUT2D eigenvalue weighted by Crippen LogP contribution is 2.18. The molecular formula is C15H25FN4O. The summed E-state index contributed by atoms with van der Waals surface area (Å²) in [7, 11) is 5.34. The average molecular weight is 296 g/mol. The summed E-state index contributed by atoms with van der Waals surface area (Å²) in [5.74, 6) is 0.449. The van der Waals surface area contributed by atoms with Crippen LogP contribution in [0.2, 0.25) is 0 Å². The van der Waals surface area contributed by atoms with E-state index in [9.17, 15) is 4.39 Å². The molecule has 0 saturated heterocycles. The molecule has 0 aliphatic heterocycles. The number of nitrogens with one attached hydrogen (secondary N) is 2. The van der Waals surface area contributed by atoms with Gasteiger partial charge in [0, 0.05) is 40.8 Å². The predicted octanol–water partition coefficient (Wildman–Crippen LogP) is 1.59. The molecular weight excluding hydrogens is 271 g/mol. The first kappa shape index (κ1) is 17.2. The van der Waals surface area contributed by atoms with Gasteiger partial charge in [-0.05, 0) is 24.6 Å². The molecule has 21 heavy (non-hydrogen) atoms. The van der Waals surface area contributed by atoms with Crippen molar-refractivity contribution in [2.45, 2.75) is 13.5 Å². The molecule has 0 amide bonds. The molecule has 1 aromatic carbocycles. The Morgan fingerprint density at radius 1 is 1.33 bits per heavy atom. The number of nitrogens with zero attached hydrogens (tertiary/aromatic N) is 2. The molecule has 0 spiro atoms. The van der Waals surface area contributed by atoms with Crippen LogP contribution in [0.4, 0.5) is 10.1 Å². The van der Waals surface area contributed by atoms with Crippen LogP contribution in [-0.4, -0.2) is 46.9 Å². The van der Waals surface area contributed by atoms with Crippen molar-refractivity contribution < 1.29 is 9.13 Å². The molecule has 118 valence electrons. The number of aliphatic imine (C=N–C) groups is 1. The van der Waals surface area contributed by atoms with Gasteiger partial charge in [0.2, 0.25) is 0 Å². The highest BCUT2D eigenvalue weighted by Gasteiger charge is 2.05. The van der Waals surface area contributed by atoms with E-state index in [-0.39, 0.29) is 5.82 Å². The molecule has 0 aliphatic carbocycles. The van der Waals surface area contributed by atoms with E-state index in [1.165, 1.54) is 6.07 Å². The SMILES string of the molecule is CCOCCNC(=NC)NCc1ccc(N(C)C)c(F)c1. The molecule has 1 rings (SSSR count). The number of guanidine groups is 1. The van der Waals surface area contributed by atoms with Gasteiger partial charge in [-0.2, -0.15) is 0 Å². The first-order valence-corrected chi connectivity index (χ1v) is 7.06. The topological polar surface area (TPSA) is 48.9 Å². The summed E-state index contributed by atoms with van der Waals surface area (Å²) in [6, 6.07) is 5.21. The zero-order valence-corrected chi connectivity index (χ0v) is 13.2. The van der Waals surface area contributed by atoms with Gasteiger partial charge in [-0.3, -0.25) is 4.99 Å². The number of rotatable bonds is 7. The van der Waals surface area contributed by atoms with Crippen LogP contribution in [0.25, 0.3) is 0 Å². The van der Waals surface area contributed by atoms with E-state index in [1.54, 1.807) is 18.0 Å². The van der Waals surface area contributed by atoms with Crippen LogP contribution in [0, 0.1) is 5.82 Å². The number of anilines is 1. The maximum Gasteiger partial charge on any atom is 0.191 e. The zero-order valence-electron chi connectivity index (χ0n) is 13.2. The Kier molecular flexibility index (Phi) is 7.53. The molecule has 0 heterocycles. The average Bonchev–Trinajstić information content (AvgIpc) is 2.46. The molecule has 0 saturated carbocycles. The minimum atomic E-state index is -0.224. The van der Waals surface area contributed by atoms with Crippen molar-refractivity contribution >= 4 is 11.6 Å². The van der Waals surface area contributed by atoms with Gasteiger partial charge in [-0.25, -0.2) is 4.39 Å². The largest absolute Gasteiger partial charge is 0.380 e. The van der Waals surface area contributed by atoms with Gasteiger partial charge in [-0.15, -0.1) is 0 Å². The lowest BCUT2D eigenvalue weighted by atomic mass is 10.2. The highest BCUT2D eigenvalue weighted by molar-refractivity contribution is 5.79. The fourth-order valence-electron chi connectivity index (χ4n) is 1.82. The third-order valence-corrected chi connectivity index (χ3v) is 2.92. The second-order valence-corrected chi connectivity index (χ2v) is 4.73. The van der Waals surface area contributed by atoms with Crippen LogP contribution in [0.3, 0.4) is 0 Å². The highest BCUT2D eigenvalue weighted by atomic mass is 19.1. The third kappa shape index (κ3) is 5.99. The summed E-state index contributed by atoms with van der Waals surface area (Å²) in [6.07, 6.45) is 0. The summed E-state index contributed by atoms with van der Waals surface area (Å²) in [6.45, 7) is 4.48. The summed E-state index contributed by atoms with van der Waals surface area (Å²) < 4.78 is 19.1. The summed E-state index contributed by atoms with van der Waals surface area (Å²) in [4.78, 5) is 5.86. The molecule has 0 atom stereocenters. The first-order valence-electron chi connectivity index (χ1n) is 7.06. The molecule has 0 aromatic heterocycles. The van der Waals surface area contributed by atoms with Gasteiger partial charge in [0.1, 0.15) is 5.82 Å². The Bertz CT molecular complexity index is 463. The van der Waals surface area contributed by atoms with Crippen LogP contribution < -0.4 is 15.5 Å². The van der Waals surface area contributed by atoms with E-state index in [4.69, 9.17) is 4.74 Å². The summed E-state index contributed by atoms with van der Waals surface area (Å²) in [5, 5.41) is 6.27. The van der Waals surface area contributed by atoms with Gasteiger partial charge < -0.3 is 20.3 Å². The maximum absolute atomic E-state index is 13.9. The van der Waals surface area contributed by atoms with Crippen LogP contribution in [0.5, 0.6) is 0 Å². The standard InChI is InChI=1S/C15H25FN4O/c1-5-21-9-8-18-15(17-2)19-11-12-6-7-14(20(3)4)13(16)10-12/h6-7,10H,5,8-9,11H2,1-4H3,(H2,17,18,19). The molecule has 5 nitrogen and oxygen atoms in total. The molecule has 0 fully saturated rings. The number of hydrogen-bond donors (Lipinski definition) is 2. The fraction of sp³-hybridized carbons (Fsp3) is 0.533. The number of benzene rings is 1. The van der Waals surface area contributed by atoms with Gasteiger partial charge in [0.25, 0.3) is 0 Å². The van der Waals surface area contributed by atoms with E-state index >= 15 is 0 Å². The molecule has 0 radical (unpaired) electrons.